The Morgan fingerprint density at radius 3 is 2.70 bits per heavy atom. The van der Waals surface area contributed by atoms with Crippen molar-refractivity contribution in [3.63, 3.8) is 0 Å². The highest BCUT2D eigenvalue weighted by Gasteiger charge is 2.38. The molecule has 1 amide bonds. The summed E-state index contributed by atoms with van der Waals surface area (Å²) in [6.45, 7) is -0.359. The largest absolute Gasteiger partial charge is 0.394 e. The van der Waals surface area contributed by atoms with Crippen LogP contribution < -0.4 is 5.32 Å². The predicted molar refractivity (Wildman–Crippen MR) is 75.9 cm³/mol. The fraction of sp³-hybridized carbons (Fsp3) is 0.583. The number of hydrogen-bond donors (Lipinski definition) is 2. The molecule has 0 saturated heterocycles. The molecule has 1 aromatic heterocycles. The maximum absolute atomic E-state index is 12.2. The quantitative estimate of drug-likeness (QED) is 0.795. The first-order valence-corrected chi connectivity index (χ1v) is 8.63. The molecule has 20 heavy (non-hydrogen) atoms. The summed E-state index contributed by atoms with van der Waals surface area (Å²) in [5, 5.41) is 13.7. The first kappa shape index (κ1) is 15.4. The molecular weight excluding hydrogens is 300 g/mol. The monoisotopic (exact) mass is 318 g/mol. The normalized spacial score (nSPS) is 17.8. The molecule has 1 saturated carbocycles. The lowest BCUT2D eigenvalue weighted by molar-refractivity contribution is -0.125. The molecule has 0 atom stereocenters. The average molecular weight is 318 g/mol. The van der Waals surface area contributed by atoms with E-state index in [0.29, 0.717) is 0 Å². The Morgan fingerprint density at radius 2 is 2.25 bits per heavy atom. The van der Waals surface area contributed by atoms with Gasteiger partial charge in [0.15, 0.2) is 0 Å². The summed E-state index contributed by atoms with van der Waals surface area (Å²) in [6.07, 6.45) is 2.43. The van der Waals surface area contributed by atoms with Gasteiger partial charge < -0.3 is 10.4 Å². The number of carbonyl (C=O) groups is 1. The van der Waals surface area contributed by atoms with Crippen LogP contribution >= 0.6 is 11.3 Å². The van der Waals surface area contributed by atoms with E-state index in [1.54, 1.807) is 11.4 Å². The molecule has 1 heterocycles. The Kier molecular flexibility index (Phi) is 4.48. The number of likely N-dealkylation sites (N-methyl/N-ethyl adjacent to an activating group) is 1. The smallest absolute Gasteiger partial charge is 0.252 e. The number of thiophene rings is 1. The summed E-state index contributed by atoms with van der Waals surface area (Å²) >= 11 is 1.12. The maximum atomic E-state index is 12.2. The van der Waals surface area contributed by atoms with Gasteiger partial charge in [0.2, 0.25) is 5.91 Å². The average Bonchev–Trinajstić information content (AvgIpc) is 2.88. The van der Waals surface area contributed by atoms with Crippen molar-refractivity contribution < 1.29 is 18.3 Å². The van der Waals surface area contributed by atoms with E-state index in [1.807, 2.05) is 0 Å². The number of aliphatic hydroxyl groups is 1. The highest BCUT2D eigenvalue weighted by atomic mass is 32.2. The fourth-order valence-corrected chi connectivity index (χ4v) is 4.44. The first-order chi connectivity index (χ1) is 9.39. The third kappa shape index (κ3) is 3.03. The third-order valence-electron chi connectivity index (χ3n) is 3.54. The van der Waals surface area contributed by atoms with Crippen LogP contribution in [-0.4, -0.2) is 49.5 Å². The van der Waals surface area contributed by atoms with Gasteiger partial charge in [0, 0.05) is 7.05 Å². The van der Waals surface area contributed by atoms with Crippen molar-refractivity contribution in [2.24, 2.45) is 0 Å². The number of amides is 1. The van der Waals surface area contributed by atoms with Crippen LogP contribution in [0.15, 0.2) is 21.7 Å². The lowest BCUT2D eigenvalue weighted by Crippen LogP contribution is -2.58. The molecule has 1 aromatic rings. The van der Waals surface area contributed by atoms with E-state index in [0.717, 1.165) is 34.9 Å². The SMILES string of the molecule is CN(CC(=O)NC1(CO)CCC1)S(=O)(=O)c1cccs1. The van der Waals surface area contributed by atoms with Gasteiger partial charge in [0.25, 0.3) is 10.0 Å². The van der Waals surface area contributed by atoms with Crippen molar-refractivity contribution in [3.8, 4) is 0 Å². The van der Waals surface area contributed by atoms with Crippen LogP contribution in [0.5, 0.6) is 0 Å². The van der Waals surface area contributed by atoms with Crippen LogP contribution in [0.1, 0.15) is 19.3 Å². The molecular formula is C12H18N2O4S2. The van der Waals surface area contributed by atoms with E-state index in [2.05, 4.69) is 5.32 Å². The van der Waals surface area contributed by atoms with Gasteiger partial charge in [-0.15, -0.1) is 11.3 Å². The van der Waals surface area contributed by atoms with Gasteiger partial charge >= 0.3 is 0 Å². The van der Waals surface area contributed by atoms with E-state index in [4.69, 9.17) is 0 Å². The van der Waals surface area contributed by atoms with Gasteiger partial charge in [-0.2, -0.15) is 4.31 Å². The van der Waals surface area contributed by atoms with E-state index in [9.17, 15) is 18.3 Å². The molecule has 0 radical (unpaired) electrons. The molecule has 0 aromatic carbocycles. The molecule has 0 spiro atoms. The van der Waals surface area contributed by atoms with Crippen molar-refractivity contribution in [1.29, 1.82) is 0 Å². The minimum absolute atomic E-state index is 0.111. The maximum Gasteiger partial charge on any atom is 0.252 e. The number of aliphatic hydroxyl groups excluding tert-OH is 1. The second-order valence-electron chi connectivity index (χ2n) is 5.03. The summed E-state index contributed by atoms with van der Waals surface area (Å²) < 4.78 is 25.6. The third-order valence-corrected chi connectivity index (χ3v) is 6.72. The molecule has 2 N–H and O–H groups in total. The summed E-state index contributed by atoms with van der Waals surface area (Å²) in [5.41, 5.74) is -0.551. The van der Waals surface area contributed by atoms with Gasteiger partial charge in [0.05, 0.1) is 18.7 Å². The topological polar surface area (TPSA) is 86.7 Å². The molecule has 0 aliphatic heterocycles. The van der Waals surface area contributed by atoms with E-state index in [-0.39, 0.29) is 23.3 Å². The van der Waals surface area contributed by atoms with E-state index < -0.39 is 15.6 Å². The molecule has 6 nitrogen and oxygen atoms in total. The standard InChI is InChI=1S/C12H18N2O4S2/c1-14(20(17,18)11-4-2-7-19-11)8-10(16)13-12(9-15)5-3-6-12/h2,4,7,15H,3,5-6,8-9H2,1H3,(H,13,16). The lowest BCUT2D eigenvalue weighted by atomic mass is 9.77. The van der Waals surface area contributed by atoms with E-state index >= 15 is 0 Å². The molecule has 1 aliphatic carbocycles. The van der Waals surface area contributed by atoms with Crippen LogP contribution in [-0.2, 0) is 14.8 Å². The zero-order chi connectivity index (χ0) is 14.8. The molecule has 1 aliphatic rings. The lowest BCUT2D eigenvalue weighted by Gasteiger charge is -2.41. The zero-order valence-corrected chi connectivity index (χ0v) is 12.8. The molecule has 0 unspecified atom stereocenters. The van der Waals surface area contributed by atoms with Gasteiger partial charge in [-0.25, -0.2) is 8.42 Å². The van der Waals surface area contributed by atoms with Gasteiger partial charge in [-0.1, -0.05) is 6.07 Å². The number of sulfonamides is 1. The number of nitrogens with zero attached hydrogens (tertiary/aromatic N) is 1. The molecule has 2 rings (SSSR count). The zero-order valence-electron chi connectivity index (χ0n) is 11.2. The van der Waals surface area contributed by atoms with Crippen molar-refractivity contribution in [1.82, 2.24) is 9.62 Å². The second-order valence-corrected chi connectivity index (χ2v) is 8.25. The highest BCUT2D eigenvalue weighted by molar-refractivity contribution is 7.91. The summed E-state index contributed by atoms with van der Waals surface area (Å²) in [4.78, 5) is 11.9. The Morgan fingerprint density at radius 1 is 1.55 bits per heavy atom. The second kappa shape index (κ2) is 5.80. The van der Waals surface area contributed by atoms with Crippen molar-refractivity contribution in [2.75, 3.05) is 20.2 Å². The molecule has 1 fully saturated rings. The van der Waals surface area contributed by atoms with Gasteiger partial charge in [-0.3, -0.25) is 4.79 Å². The minimum Gasteiger partial charge on any atom is -0.394 e. The minimum atomic E-state index is -3.61. The van der Waals surface area contributed by atoms with Gasteiger partial charge in [-0.05, 0) is 30.7 Å². The van der Waals surface area contributed by atoms with E-state index in [1.165, 1.54) is 13.1 Å². The first-order valence-electron chi connectivity index (χ1n) is 6.31. The summed E-state index contributed by atoms with van der Waals surface area (Å²) in [5.74, 6) is -0.388. The predicted octanol–water partition coefficient (Wildman–Crippen LogP) is 0.400. The van der Waals surface area contributed by atoms with Crippen LogP contribution in [0.4, 0.5) is 0 Å². The van der Waals surface area contributed by atoms with Crippen LogP contribution in [0.3, 0.4) is 0 Å². The molecule has 8 heteroatoms. The highest BCUT2D eigenvalue weighted by Crippen LogP contribution is 2.31. The summed E-state index contributed by atoms with van der Waals surface area (Å²) in [6, 6.07) is 3.16. The Labute approximate surface area is 122 Å². The fourth-order valence-electron chi connectivity index (χ4n) is 2.11. The van der Waals surface area contributed by atoms with Crippen LogP contribution in [0.2, 0.25) is 0 Å². The Balaban J connectivity index is 1.97. The number of hydrogen-bond acceptors (Lipinski definition) is 5. The Hall–Kier alpha value is -0.960. The number of nitrogens with one attached hydrogen (secondary N) is 1. The van der Waals surface area contributed by atoms with Gasteiger partial charge in [0.1, 0.15) is 4.21 Å². The van der Waals surface area contributed by atoms with Crippen LogP contribution in [0.25, 0.3) is 0 Å². The Bertz CT molecular complexity index is 559. The van der Waals surface area contributed by atoms with Crippen LogP contribution in [0, 0.1) is 0 Å². The summed E-state index contributed by atoms with van der Waals surface area (Å²) in [7, 11) is -2.24. The van der Waals surface area contributed by atoms with Crippen molar-refractivity contribution in [2.45, 2.75) is 29.0 Å². The van der Waals surface area contributed by atoms with Crippen molar-refractivity contribution >= 4 is 27.3 Å². The number of rotatable bonds is 6. The molecule has 112 valence electrons. The van der Waals surface area contributed by atoms with Crippen molar-refractivity contribution in [3.05, 3.63) is 17.5 Å². The number of carbonyl (C=O) groups excluding carboxylic acids is 1. The molecule has 0 bridgehead atoms.